The monoisotopic (exact) mass is 338 g/mol. The van der Waals surface area contributed by atoms with Gasteiger partial charge in [-0.2, -0.15) is 0 Å². The number of hydrogen-bond donors (Lipinski definition) is 3. The van der Waals surface area contributed by atoms with E-state index in [0.29, 0.717) is 32.7 Å². The maximum absolute atomic E-state index is 10.6. The molecule has 0 bridgehead atoms. The molecule has 0 rings (SSSR count). The van der Waals surface area contributed by atoms with Gasteiger partial charge in [0.15, 0.2) is 0 Å². The van der Waals surface area contributed by atoms with Gasteiger partial charge in [0.25, 0.3) is 0 Å². The Kier molecular flexibility index (Phi) is 19.3. The fraction of sp³-hybridized carbons (Fsp3) is 0.941. The van der Waals surface area contributed by atoms with Crippen molar-refractivity contribution < 1.29 is 39.0 Å². The normalized spacial score (nSPS) is 13.5. The topological polar surface area (TPSA) is 95.9 Å². The van der Waals surface area contributed by atoms with Gasteiger partial charge >= 0.3 is 18.9 Å². The zero-order chi connectivity index (χ0) is 17.5. The first-order chi connectivity index (χ1) is 11.0. The van der Waals surface area contributed by atoms with Crippen LogP contribution >= 0.6 is 0 Å². The van der Waals surface area contributed by atoms with Crippen molar-refractivity contribution in [2.45, 2.75) is 71.0 Å². The van der Waals surface area contributed by atoms with Crippen LogP contribution in [0.2, 0.25) is 0 Å². The van der Waals surface area contributed by atoms with E-state index in [-0.39, 0.29) is 31.4 Å². The van der Waals surface area contributed by atoms with Crippen molar-refractivity contribution in [1.82, 2.24) is 10.2 Å². The van der Waals surface area contributed by atoms with Gasteiger partial charge in [-0.15, -0.1) is 0 Å². The van der Waals surface area contributed by atoms with Gasteiger partial charge in [-0.05, 0) is 19.3 Å². The van der Waals surface area contributed by atoms with E-state index in [1.165, 1.54) is 0 Å². The summed E-state index contributed by atoms with van der Waals surface area (Å²) in [7, 11) is 0. The number of hydrogen-bond acceptors (Lipinski definition) is 6. The van der Waals surface area contributed by atoms with Crippen LogP contribution in [-0.4, -0.2) is 66.0 Å². The molecule has 0 aliphatic heterocycles. The minimum atomic E-state index is -1.07. The predicted octanol–water partition coefficient (Wildman–Crippen LogP) is -2.88. The van der Waals surface area contributed by atoms with E-state index in [0.717, 1.165) is 38.5 Å². The Bertz CT molecular complexity index is 296. The summed E-state index contributed by atoms with van der Waals surface area (Å²) >= 11 is 0. The molecular weight excluding hydrogens is 303 g/mol. The maximum atomic E-state index is 10.6. The summed E-state index contributed by atoms with van der Waals surface area (Å²) < 4.78 is 0. The van der Waals surface area contributed by atoms with E-state index in [1.807, 2.05) is 4.90 Å². The van der Waals surface area contributed by atoms with Gasteiger partial charge in [-0.3, -0.25) is 4.90 Å². The smallest absolute Gasteiger partial charge is 0.550 e. The fourth-order valence-electron chi connectivity index (χ4n) is 2.42. The van der Waals surface area contributed by atoms with Crippen molar-refractivity contribution >= 4 is 5.97 Å². The summed E-state index contributed by atoms with van der Waals surface area (Å²) in [5.41, 5.74) is 0. The van der Waals surface area contributed by atoms with E-state index < -0.39 is 12.1 Å². The van der Waals surface area contributed by atoms with Crippen LogP contribution in [0.5, 0.6) is 0 Å². The fourth-order valence-corrected chi connectivity index (χ4v) is 2.42. The van der Waals surface area contributed by atoms with E-state index in [2.05, 4.69) is 19.2 Å². The number of carboxylic acids is 1. The second-order valence-electron chi connectivity index (χ2n) is 6.22. The van der Waals surface area contributed by atoms with Crippen molar-refractivity contribution in [2.75, 3.05) is 32.7 Å². The first kappa shape index (κ1) is 26.1. The number of rotatable bonds is 16. The largest absolute Gasteiger partial charge is 1.00 e. The Hall–Kier alpha value is -0.0926. The molecule has 0 fully saturated rings. The van der Waals surface area contributed by atoms with Crippen molar-refractivity contribution in [2.24, 2.45) is 0 Å². The Morgan fingerprint density at radius 3 is 2.21 bits per heavy atom. The molecule has 24 heavy (non-hydrogen) atoms. The Balaban J connectivity index is 0. The third-order valence-electron chi connectivity index (χ3n) is 3.87. The summed E-state index contributed by atoms with van der Waals surface area (Å²) in [6.07, 6.45) is 4.85. The number of unbranched alkanes of at least 4 members (excludes halogenated alkanes) is 2. The first-order valence-electron chi connectivity index (χ1n) is 8.98. The number of carboxylic acid groups (broad SMARTS) is 1. The third kappa shape index (κ3) is 16.8. The molecule has 0 spiro atoms. The summed E-state index contributed by atoms with van der Waals surface area (Å²) in [6.45, 7) is 6.90. The minimum Gasteiger partial charge on any atom is -0.550 e. The van der Waals surface area contributed by atoms with Crippen LogP contribution in [0.3, 0.4) is 0 Å². The first-order valence-corrected chi connectivity index (χ1v) is 8.98. The number of aliphatic hydroxyl groups is 2. The molecule has 0 aliphatic carbocycles. The van der Waals surface area contributed by atoms with Crippen LogP contribution in [0.4, 0.5) is 0 Å². The van der Waals surface area contributed by atoms with Crippen LogP contribution in [0.15, 0.2) is 0 Å². The van der Waals surface area contributed by atoms with Crippen LogP contribution in [0, 0.1) is 0 Å². The number of carbonyl (C=O) groups excluding carboxylic acids is 1. The molecule has 0 aromatic rings. The minimum absolute atomic E-state index is 0. The second-order valence-corrected chi connectivity index (χ2v) is 6.22. The number of aliphatic carboxylic acids is 1. The molecule has 0 aromatic heterocycles. The molecule has 2 unspecified atom stereocenters. The van der Waals surface area contributed by atoms with Gasteiger partial charge in [0.1, 0.15) is 0 Å². The molecule has 0 radical (unpaired) electrons. The number of carbonyl (C=O) groups is 1. The molecule has 2 atom stereocenters. The molecule has 0 aliphatic rings. The van der Waals surface area contributed by atoms with E-state index in [4.69, 9.17) is 0 Å². The molecular formula is C17H35LiN2O4. The SMILES string of the molecule is CCCCC(O)CNCCN(CCC(=O)[O-])CC(O)CCCC.[Li+]. The van der Waals surface area contributed by atoms with Gasteiger partial charge in [0.05, 0.1) is 12.2 Å². The van der Waals surface area contributed by atoms with Gasteiger partial charge in [0, 0.05) is 38.7 Å². The van der Waals surface area contributed by atoms with Gasteiger partial charge in [-0.1, -0.05) is 39.5 Å². The quantitative estimate of drug-likeness (QED) is 0.207. The number of aliphatic hydroxyl groups excluding tert-OH is 2. The van der Waals surface area contributed by atoms with Crippen LogP contribution in [0.1, 0.15) is 58.8 Å². The van der Waals surface area contributed by atoms with Crippen molar-refractivity contribution in [3.05, 3.63) is 0 Å². The standard InChI is InChI=1S/C17H36N2O4.Li/c1-3-5-7-15(20)13-18-10-12-19(11-9-17(22)23)14-16(21)8-6-4-2;/h15-16,18,20-21H,3-14H2,1-2H3,(H,22,23);/q;+1/p-1. The average Bonchev–Trinajstić information content (AvgIpc) is 2.52. The van der Waals surface area contributed by atoms with Gasteiger partial charge < -0.3 is 25.4 Å². The van der Waals surface area contributed by atoms with Crippen LogP contribution in [-0.2, 0) is 4.79 Å². The summed E-state index contributed by atoms with van der Waals surface area (Å²) in [5, 5.41) is 33.6. The zero-order valence-electron chi connectivity index (χ0n) is 15.8. The number of nitrogens with zero attached hydrogens (tertiary/aromatic N) is 1. The molecule has 6 nitrogen and oxygen atoms in total. The van der Waals surface area contributed by atoms with E-state index in [1.54, 1.807) is 0 Å². The van der Waals surface area contributed by atoms with Crippen molar-refractivity contribution in [3.8, 4) is 0 Å². The molecule has 138 valence electrons. The molecule has 3 N–H and O–H groups in total. The zero-order valence-corrected chi connectivity index (χ0v) is 15.8. The van der Waals surface area contributed by atoms with Crippen LogP contribution in [0.25, 0.3) is 0 Å². The summed E-state index contributed by atoms with van der Waals surface area (Å²) in [4.78, 5) is 12.6. The Morgan fingerprint density at radius 2 is 1.67 bits per heavy atom. The predicted molar refractivity (Wildman–Crippen MR) is 90.0 cm³/mol. The third-order valence-corrected chi connectivity index (χ3v) is 3.87. The molecule has 0 aromatic carbocycles. The summed E-state index contributed by atoms with van der Waals surface area (Å²) in [6, 6.07) is 0. The van der Waals surface area contributed by atoms with Gasteiger partial charge in [0.2, 0.25) is 0 Å². The van der Waals surface area contributed by atoms with E-state index in [9.17, 15) is 20.1 Å². The number of nitrogens with one attached hydrogen (secondary N) is 1. The molecule has 7 heteroatoms. The molecule has 0 amide bonds. The van der Waals surface area contributed by atoms with Crippen molar-refractivity contribution in [1.29, 1.82) is 0 Å². The van der Waals surface area contributed by atoms with E-state index >= 15 is 0 Å². The Morgan fingerprint density at radius 1 is 1.08 bits per heavy atom. The van der Waals surface area contributed by atoms with Gasteiger partial charge in [-0.25, -0.2) is 0 Å². The molecule has 0 saturated carbocycles. The van der Waals surface area contributed by atoms with Crippen LogP contribution < -0.4 is 29.3 Å². The second kappa shape index (κ2) is 17.7. The average molecular weight is 338 g/mol. The molecule has 0 heterocycles. The maximum Gasteiger partial charge on any atom is 1.00 e. The Labute approximate surface area is 159 Å². The van der Waals surface area contributed by atoms with Crippen molar-refractivity contribution in [3.63, 3.8) is 0 Å². The summed E-state index contributed by atoms with van der Waals surface area (Å²) in [5.74, 6) is -1.07. The molecule has 0 saturated heterocycles.